The summed E-state index contributed by atoms with van der Waals surface area (Å²) in [5, 5.41) is 2.30. The molecule has 0 aromatic carbocycles. The molecule has 0 bridgehead atoms. The van der Waals surface area contributed by atoms with Gasteiger partial charge in [-0.15, -0.1) is 0 Å². The van der Waals surface area contributed by atoms with E-state index in [2.05, 4.69) is 78.1 Å². The zero-order chi connectivity index (χ0) is 21.7. The van der Waals surface area contributed by atoms with Crippen molar-refractivity contribution in [1.82, 2.24) is 5.32 Å². The Kier molecular flexibility index (Phi) is 10.1. The molecule has 0 rings (SSSR count). The molecule has 1 amide bonds. The number of nitrogens with one attached hydrogen (secondary N) is 1. The fourth-order valence-electron chi connectivity index (χ4n) is 2.76. The molecule has 27 heavy (non-hydrogen) atoms. The number of amides is 1. The highest BCUT2D eigenvalue weighted by Gasteiger charge is 2.50. The molecule has 1 unspecified atom stereocenters. The quantitative estimate of drug-likeness (QED) is 0.262. The first-order valence-corrected chi connectivity index (χ1v) is 21.5. The lowest BCUT2D eigenvalue weighted by Crippen LogP contribution is -2.69. The Balaban J connectivity index is 6.22. The van der Waals surface area contributed by atoms with E-state index in [0.29, 0.717) is 12.0 Å². The van der Waals surface area contributed by atoms with Gasteiger partial charge in [-0.05, 0) is 71.8 Å². The molecule has 0 saturated heterocycles. The van der Waals surface area contributed by atoms with Gasteiger partial charge in [0, 0.05) is 5.57 Å². The lowest BCUT2D eigenvalue weighted by atomic mass is 10.3. The summed E-state index contributed by atoms with van der Waals surface area (Å²) >= 11 is 0. The van der Waals surface area contributed by atoms with Crippen molar-refractivity contribution in [3.8, 4) is 0 Å². The van der Waals surface area contributed by atoms with Gasteiger partial charge in [-0.25, -0.2) is 0 Å². The predicted octanol–water partition coefficient (Wildman–Crippen LogP) is 4.88. The van der Waals surface area contributed by atoms with Crippen LogP contribution in [0.1, 0.15) is 33.6 Å². The van der Waals surface area contributed by atoms with E-state index >= 15 is 0 Å². The summed E-state index contributed by atoms with van der Waals surface area (Å²) < 4.78 is 20.0. The number of hydrogen-bond acceptors (Lipinski definition) is 4. The van der Waals surface area contributed by atoms with Crippen molar-refractivity contribution in [2.24, 2.45) is 0 Å². The van der Waals surface area contributed by atoms with E-state index in [0.717, 1.165) is 12.5 Å². The molecule has 0 aliphatic rings. The van der Waals surface area contributed by atoms with Crippen LogP contribution >= 0.6 is 0 Å². The second-order valence-corrected chi connectivity index (χ2v) is 26.0. The Morgan fingerprint density at radius 3 is 1.74 bits per heavy atom. The first-order valence-electron chi connectivity index (χ1n) is 10.0. The molecule has 9 heteroatoms. The van der Waals surface area contributed by atoms with Crippen LogP contribution in [0.5, 0.6) is 0 Å². The Labute approximate surface area is 172 Å². The summed E-state index contributed by atoms with van der Waals surface area (Å²) in [6.07, 6.45) is 1.68. The van der Waals surface area contributed by atoms with Crippen molar-refractivity contribution in [2.75, 3.05) is 0 Å². The summed E-state index contributed by atoms with van der Waals surface area (Å²) in [5.74, 6) is -0.186. The molecule has 1 atom stereocenters. The average Bonchev–Trinajstić information content (AvgIpc) is 2.42. The molecule has 0 aromatic heterocycles. The third-order valence-corrected chi connectivity index (χ3v) is 15.5. The second kappa shape index (κ2) is 10.1. The monoisotopic (exact) mass is 449 g/mol. The lowest BCUT2D eigenvalue weighted by molar-refractivity contribution is -0.121. The summed E-state index contributed by atoms with van der Waals surface area (Å²) in [6.45, 7) is 27.2. The van der Waals surface area contributed by atoms with Crippen molar-refractivity contribution in [3.05, 3.63) is 12.2 Å². The van der Waals surface area contributed by atoms with Gasteiger partial charge in [-0.1, -0.05) is 26.8 Å². The first kappa shape index (κ1) is 27.0. The smallest absolute Gasteiger partial charge is 0.354 e. The van der Waals surface area contributed by atoms with Crippen LogP contribution in [0, 0.1) is 0 Å². The summed E-state index contributed by atoms with van der Waals surface area (Å²) in [7, 11) is -8.20. The highest BCUT2D eigenvalue weighted by Crippen LogP contribution is 2.30. The summed E-state index contributed by atoms with van der Waals surface area (Å²) in [6, 6.07) is 1.03. The number of rotatable bonds is 12. The standard InChI is InChI=1S/C18H43NO4Si4/c1-13-15-27(11,12)21-18(14-2,19-17(20)16(3)4)24(22-25(5,6)7)23-26(8,9)10/h24H,3,13-15H2,1-2,4-12H3,(H,19,20). The molecular weight excluding hydrogens is 407 g/mol. The van der Waals surface area contributed by atoms with Gasteiger partial charge in [0.15, 0.2) is 30.3 Å². The molecule has 0 aromatic rings. The second-order valence-electron chi connectivity index (χ2n) is 9.88. The molecule has 160 valence electrons. The third kappa shape index (κ3) is 10.3. The molecule has 0 saturated carbocycles. The highest BCUT2D eigenvalue weighted by atomic mass is 28.4. The van der Waals surface area contributed by atoms with E-state index < -0.39 is 39.6 Å². The molecule has 0 aliphatic heterocycles. The Hall–Kier alpha value is -0.0425. The van der Waals surface area contributed by atoms with Crippen molar-refractivity contribution in [3.63, 3.8) is 0 Å². The molecule has 1 N–H and O–H groups in total. The van der Waals surface area contributed by atoms with Gasteiger partial charge in [0.05, 0.1) is 0 Å². The Morgan fingerprint density at radius 1 is 1.00 bits per heavy atom. The Bertz CT molecular complexity index is 498. The SMILES string of the molecule is C=C(C)C(=O)NC(CC)(O[Si](C)(C)CCC)[SiH](O[Si](C)(C)C)O[Si](C)(C)C. The molecule has 0 fully saturated rings. The largest absolute Gasteiger partial charge is 0.436 e. The number of hydrogen-bond donors (Lipinski definition) is 1. The molecule has 0 aliphatic carbocycles. The number of carbonyl (C=O) groups is 1. The number of carbonyl (C=O) groups excluding carboxylic acids is 1. The fourth-order valence-corrected chi connectivity index (χ4v) is 14.5. The van der Waals surface area contributed by atoms with Crippen molar-refractivity contribution in [1.29, 1.82) is 0 Å². The van der Waals surface area contributed by atoms with E-state index in [-0.39, 0.29) is 5.91 Å². The van der Waals surface area contributed by atoms with Crippen LogP contribution in [0.4, 0.5) is 0 Å². The van der Waals surface area contributed by atoms with Crippen molar-refractivity contribution < 1.29 is 17.5 Å². The maximum absolute atomic E-state index is 12.7. The maximum atomic E-state index is 12.7. The summed E-state index contributed by atoms with van der Waals surface area (Å²) in [4.78, 5) is 12.7. The van der Waals surface area contributed by atoms with Crippen LogP contribution in [-0.4, -0.2) is 45.5 Å². The van der Waals surface area contributed by atoms with Crippen molar-refractivity contribution >= 4 is 40.1 Å². The van der Waals surface area contributed by atoms with Gasteiger partial charge in [0.1, 0.15) is 0 Å². The topological polar surface area (TPSA) is 56.8 Å². The average molecular weight is 450 g/mol. The Morgan fingerprint density at radius 2 is 1.44 bits per heavy atom. The molecule has 0 spiro atoms. The van der Waals surface area contributed by atoms with Crippen LogP contribution in [0.15, 0.2) is 12.2 Å². The predicted molar refractivity (Wildman–Crippen MR) is 126 cm³/mol. The van der Waals surface area contributed by atoms with Crippen LogP contribution in [0.3, 0.4) is 0 Å². The zero-order valence-corrected chi connectivity index (χ0v) is 23.7. The van der Waals surface area contributed by atoms with Gasteiger partial charge in [0.2, 0.25) is 5.91 Å². The molecule has 0 heterocycles. The highest BCUT2D eigenvalue weighted by molar-refractivity contribution is 6.82. The van der Waals surface area contributed by atoms with Crippen LogP contribution in [0.2, 0.25) is 58.4 Å². The van der Waals surface area contributed by atoms with Crippen LogP contribution < -0.4 is 5.32 Å². The van der Waals surface area contributed by atoms with Gasteiger partial charge in [-0.3, -0.25) is 4.79 Å². The van der Waals surface area contributed by atoms with E-state index in [1.54, 1.807) is 6.92 Å². The minimum Gasteiger partial charge on any atom is -0.436 e. The van der Waals surface area contributed by atoms with Crippen LogP contribution in [0.25, 0.3) is 0 Å². The third-order valence-electron chi connectivity index (χ3n) is 3.85. The van der Waals surface area contributed by atoms with Crippen molar-refractivity contribution in [2.45, 2.75) is 97.4 Å². The van der Waals surface area contributed by atoms with E-state index in [1.807, 2.05) is 0 Å². The normalized spacial score (nSPS) is 15.6. The first-order chi connectivity index (χ1) is 12.0. The maximum Gasteiger partial charge on any atom is 0.354 e. The molecule has 0 radical (unpaired) electrons. The van der Waals surface area contributed by atoms with Crippen LogP contribution in [-0.2, 0) is 17.5 Å². The van der Waals surface area contributed by atoms with E-state index in [4.69, 9.17) is 12.7 Å². The minimum atomic E-state index is -2.39. The summed E-state index contributed by atoms with van der Waals surface area (Å²) in [5.41, 5.74) is 0.472. The van der Waals surface area contributed by atoms with E-state index in [1.165, 1.54) is 0 Å². The van der Waals surface area contributed by atoms with Gasteiger partial charge >= 0.3 is 9.28 Å². The van der Waals surface area contributed by atoms with Gasteiger partial charge in [0.25, 0.3) is 0 Å². The molecular formula is C18H43NO4Si4. The minimum absolute atomic E-state index is 0.186. The molecule has 5 nitrogen and oxygen atoms in total. The lowest BCUT2D eigenvalue weighted by Gasteiger charge is -2.47. The zero-order valence-electron chi connectivity index (χ0n) is 19.5. The van der Waals surface area contributed by atoms with Gasteiger partial charge in [-0.2, -0.15) is 0 Å². The van der Waals surface area contributed by atoms with E-state index in [9.17, 15) is 4.79 Å². The fraction of sp³-hybridized carbons (Fsp3) is 0.833. The van der Waals surface area contributed by atoms with Gasteiger partial charge < -0.3 is 18.0 Å².